The molecule has 0 bridgehead atoms. The number of pyridine rings is 1. The van der Waals surface area contributed by atoms with Gasteiger partial charge in [-0.3, -0.25) is 0 Å². The number of rotatable bonds is 6. The molecule has 1 N–H and O–H groups in total. The van der Waals surface area contributed by atoms with Crippen molar-refractivity contribution >= 4 is 17.5 Å². The van der Waals surface area contributed by atoms with E-state index in [9.17, 15) is 0 Å². The lowest BCUT2D eigenvalue weighted by Crippen LogP contribution is -2.11. The molecule has 0 aliphatic rings. The molecule has 2 rings (SSSR count). The van der Waals surface area contributed by atoms with E-state index in [1.807, 2.05) is 26.0 Å². The van der Waals surface area contributed by atoms with Crippen molar-refractivity contribution in [3.05, 3.63) is 29.2 Å². The highest BCUT2D eigenvalue weighted by Gasteiger charge is 2.09. The van der Waals surface area contributed by atoms with Gasteiger partial charge in [0.2, 0.25) is 17.1 Å². The smallest absolute Gasteiger partial charge is 0.322 e. The van der Waals surface area contributed by atoms with Crippen molar-refractivity contribution in [1.29, 1.82) is 0 Å². The molecule has 0 unspecified atom stereocenters. The predicted molar refractivity (Wildman–Crippen MR) is 78.7 cm³/mol. The monoisotopic (exact) mass is 309 g/mol. The Morgan fingerprint density at radius 1 is 1.29 bits per heavy atom. The second-order valence-electron chi connectivity index (χ2n) is 4.40. The highest BCUT2D eigenvalue weighted by molar-refractivity contribution is 6.28. The first-order valence-corrected chi connectivity index (χ1v) is 6.76. The van der Waals surface area contributed by atoms with Gasteiger partial charge in [-0.05, 0) is 31.5 Å². The quantitative estimate of drug-likeness (QED) is 0.876. The van der Waals surface area contributed by atoms with Crippen LogP contribution in [0.1, 0.15) is 19.4 Å². The molecule has 0 saturated carbocycles. The Balaban J connectivity index is 2.10. The number of hydrogen-bond donors (Lipinski definition) is 1. The van der Waals surface area contributed by atoms with Gasteiger partial charge in [0.25, 0.3) is 0 Å². The summed E-state index contributed by atoms with van der Waals surface area (Å²) in [6.45, 7) is 4.20. The minimum absolute atomic E-state index is 0.0465. The predicted octanol–water partition coefficient (Wildman–Crippen LogP) is 2.33. The third-order valence-electron chi connectivity index (χ3n) is 2.41. The van der Waals surface area contributed by atoms with Crippen LogP contribution in [0.15, 0.2) is 18.3 Å². The van der Waals surface area contributed by atoms with E-state index in [4.69, 9.17) is 21.1 Å². The maximum atomic E-state index is 5.85. The van der Waals surface area contributed by atoms with Gasteiger partial charge >= 0.3 is 6.01 Å². The zero-order chi connectivity index (χ0) is 15.2. The van der Waals surface area contributed by atoms with Crippen LogP contribution in [0.25, 0.3) is 0 Å². The van der Waals surface area contributed by atoms with E-state index in [1.54, 1.807) is 13.3 Å². The van der Waals surface area contributed by atoms with Gasteiger partial charge in [-0.15, -0.1) is 0 Å². The summed E-state index contributed by atoms with van der Waals surface area (Å²) in [5, 5.41) is 3.11. The van der Waals surface area contributed by atoms with Crippen molar-refractivity contribution in [3.63, 3.8) is 0 Å². The molecule has 112 valence electrons. The van der Waals surface area contributed by atoms with Crippen LogP contribution in [0.4, 0.5) is 5.95 Å². The summed E-state index contributed by atoms with van der Waals surface area (Å²) in [6.07, 6.45) is 1.62. The summed E-state index contributed by atoms with van der Waals surface area (Å²) in [6, 6.07) is 3.91. The van der Waals surface area contributed by atoms with Crippen LogP contribution < -0.4 is 14.8 Å². The first-order valence-electron chi connectivity index (χ1n) is 6.38. The summed E-state index contributed by atoms with van der Waals surface area (Å²) < 4.78 is 10.6. The summed E-state index contributed by atoms with van der Waals surface area (Å²) in [4.78, 5) is 16.2. The van der Waals surface area contributed by atoms with Crippen LogP contribution in [0.3, 0.4) is 0 Å². The average Bonchev–Trinajstić information content (AvgIpc) is 2.44. The number of ether oxygens (including phenoxy) is 2. The Kier molecular flexibility index (Phi) is 5.10. The molecule has 21 heavy (non-hydrogen) atoms. The van der Waals surface area contributed by atoms with Gasteiger partial charge < -0.3 is 14.8 Å². The molecule has 0 radical (unpaired) electrons. The van der Waals surface area contributed by atoms with Crippen LogP contribution >= 0.6 is 11.6 Å². The first-order chi connectivity index (χ1) is 10.1. The molecule has 8 heteroatoms. The molecular weight excluding hydrogens is 294 g/mol. The maximum Gasteiger partial charge on any atom is 0.322 e. The molecule has 2 heterocycles. The first kappa shape index (κ1) is 15.2. The number of halogens is 1. The van der Waals surface area contributed by atoms with Crippen molar-refractivity contribution < 1.29 is 9.47 Å². The van der Waals surface area contributed by atoms with Crippen LogP contribution in [0.5, 0.6) is 11.9 Å². The van der Waals surface area contributed by atoms with E-state index in [1.165, 1.54) is 0 Å². The molecule has 0 fully saturated rings. The normalized spacial score (nSPS) is 10.5. The third kappa shape index (κ3) is 4.42. The van der Waals surface area contributed by atoms with Gasteiger partial charge in [0.15, 0.2) is 0 Å². The highest BCUT2D eigenvalue weighted by atomic mass is 35.5. The van der Waals surface area contributed by atoms with Crippen LogP contribution in [-0.2, 0) is 6.54 Å². The minimum Gasteiger partial charge on any atom is -0.481 e. The van der Waals surface area contributed by atoms with Crippen LogP contribution in [0, 0.1) is 0 Å². The third-order valence-corrected chi connectivity index (χ3v) is 2.58. The number of nitrogens with zero attached hydrogens (tertiary/aromatic N) is 4. The van der Waals surface area contributed by atoms with E-state index in [0.29, 0.717) is 18.4 Å². The summed E-state index contributed by atoms with van der Waals surface area (Å²) in [5.74, 6) is 0.875. The lowest BCUT2D eigenvalue weighted by atomic mass is 10.3. The van der Waals surface area contributed by atoms with Crippen molar-refractivity contribution in [2.24, 2.45) is 0 Å². The van der Waals surface area contributed by atoms with E-state index < -0.39 is 0 Å². The fourth-order valence-electron chi connectivity index (χ4n) is 1.59. The van der Waals surface area contributed by atoms with Crippen molar-refractivity contribution in [3.8, 4) is 11.9 Å². The van der Waals surface area contributed by atoms with E-state index in [-0.39, 0.29) is 17.4 Å². The number of hydrogen-bond acceptors (Lipinski definition) is 7. The van der Waals surface area contributed by atoms with E-state index in [0.717, 1.165) is 5.56 Å². The van der Waals surface area contributed by atoms with Crippen molar-refractivity contribution in [2.75, 3.05) is 12.4 Å². The summed E-state index contributed by atoms with van der Waals surface area (Å²) in [5.41, 5.74) is 0.878. The fourth-order valence-corrected chi connectivity index (χ4v) is 1.74. The molecule has 0 aromatic carbocycles. The van der Waals surface area contributed by atoms with Crippen molar-refractivity contribution in [1.82, 2.24) is 19.9 Å². The van der Waals surface area contributed by atoms with Gasteiger partial charge in [0.1, 0.15) is 0 Å². The Morgan fingerprint density at radius 3 is 2.81 bits per heavy atom. The largest absolute Gasteiger partial charge is 0.481 e. The van der Waals surface area contributed by atoms with Crippen LogP contribution in [0.2, 0.25) is 5.28 Å². The number of methoxy groups -OCH3 is 1. The number of nitrogens with one attached hydrogen (secondary N) is 1. The van der Waals surface area contributed by atoms with Crippen LogP contribution in [-0.4, -0.2) is 33.1 Å². The second kappa shape index (κ2) is 7.03. The van der Waals surface area contributed by atoms with Gasteiger partial charge in [0.05, 0.1) is 13.2 Å². The molecule has 0 aliphatic heterocycles. The average molecular weight is 310 g/mol. The maximum absolute atomic E-state index is 5.85. The molecule has 2 aromatic heterocycles. The molecule has 7 nitrogen and oxygen atoms in total. The summed E-state index contributed by atoms with van der Waals surface area (Å²) >= 11 is 5.85. The van der Waals surface area contributed by atoms with Gasteiger partial charge in [-0.25, -0.2) is 4.98 Å². The van der Waals surface area contributed by atoms with Gasteiger partial charge in [0, 0.05) is 18.3 Å². The molecule has 0 amide bonds. The highest BCUT2D eigenvalue weighted by Crippen LogP contribution is 2.17. The fraction of sp³-hybridized carbons (Fsp3) is 0.385. The SMILES string of the molecule is COc1ncccc1CNc1nc(Cl)nc(OC(C)C)n1. The van der Waals surface area contributed by atoms with Crippen molar-refractivity contribution in [2.45, 2.75) is 26.5 Å². The molecule has 0 aliphatic carbocycles. The zero-order valence-electron chi connectivity index (χ0n) is 12.0. The van der Waals surface area contributed by atoms with E-state index >= 15 is 0 Å². The molecule has 0 saturated heterocycles. The Hall–Kier alpha value is -2.15. The Morgan fingerprint density at radius 2 is 2.10 bits per heavy atom. The topological polar surface area (TPSA) is 82.0 Å². The number of anilines is 1. The summed E-state index contributed by atoms with van der Waals surface area (Å²) in [7, 11) is 1.57. The number of aromatic nitrogens is 4. The molecule has 0 spiro atoms. The Labute approximate surface area is 127 Å². The lowest BCUT2D eigenvalue weighted by molar-refractivity contribution is 0.222. The minimum atomic E-state index is -0.0465. The second-order valence-corrected chi connectivity index (χ2v) is 4.74. The standard InChI is InChI=1S/C13H16ClN5O2/c1-8(2)21-13-18-11(14)17-12(19-13)16-7-9-5-4-6-15-10(9)20-3/h4-6,8H,7H2,1-3H3,(H,16,17,18,19). The van der Waals surface area contributed by atoms with E-state index in [2.05, 4.69) is 25.3 Å². The zero-order valence-corrected chi connectivity index (χ0v) is 12.8. The lowest BCUT2D eigenvalue weighted by Gasteiger charge is -2.10. The Bertz CT molecular complexity index is 609. The van der Waals surface area contributed by atoms with Gasteiger partial charge in [-0.1, -0.05) is 6.07 Å². The molecular formula is C13H16ClN5O2. The molecule has 0 atom stereocenters. The molecule has 2 aromatic rings. The van der Waals surface area contributed by atoms with Gasteiger partial charge in [-0.2, -0.15) is 15.0 Å².